The van der Waals surface area contributed by atoms with Gasteiger partial charge in [-0.05, 0) is 13.0 Å². The van der Waals surface area contributed by atoms with Crippen molar-refractivity contribution >= 4 is 27.4 Å². The van der Waals surface area contributed by atoms with Crippen molar-refractivity contribution in [3.8, 4) is 0 Å². The van der Waals surface area contributed by atoms with E-state index in [1.165, 1.54) is 25.5 Å². The summed E-state index contributed by atoms with van der Waals surface area (Å²) in [6.45, 7) is 1.89. The van der Waals surface area contributed by atoms with E-state index in [4.69, 9.17) is 5.73 Å². The van der Waals surface area contributed by atoms with Gasteiger partial charge in [0.1, 0.15) is 0 Å². The molecule has 0 saturated carbocycles. The van der Waals surface area contributed by atoms with Crippen LogP contribution in [0.1, 0.15) is 13.3 Å². The van der Waals surface area contributed by atoms with Crippen molar-refractivity contribution in [3.63, 3.8) is 0 Å². The molecular weight excluding hydrogens is 270 g/mol. The van der Waals surface area contributed by atoms with Crippen LogP contribution >= 0.6 is 0 Å². The number of carbonyl (C=O) groups is 1. The van der Waals surface area contributed by atoms with Gasteiger partial charge in [0.05, 0.1) is 36.4 Å². The fourth-order valence-corrected chi connectivity index (χ4v) is 2.58. The van der Waals surface area contributed by atoms with Gasteiger partial charge in [0.15, 0.2) is 0 Å². The van der Waals surface area contributed by atoms with Gasteiger partial charge in [-0.3, -0.25) is 14.1 Å². The standard InChI is InChI=1S/C11H17N3O4S/c1-3-18-11(15)5-7-19(16,17)14(2)10-4-6-13-8-9(10)12/h4,6,8H,3,5,7,12H2,1-2H3. The highest BCUT2D eigenvalue weighted by atomic mass is 32.2. The molecule has 19 heavy (non-hydrogen) atoms. The molecule has 1 heterocycles. The van der Waals surface area contributed by atoms with Gasteiger partial charge >= 0.3 is 5.97 Å². The Balaban J connectivity index is 2.78. The number of hydrogen-bond donors (Lipinski definition) is 1. The third-order valence-corrected chi connectivity index (χ3v) is 4.21. The van der Waals surface area contributed by atoms with Crippen LogP contribution in [0.5, 0.6) is 0 Å². The Hall–Kier alpha value is -1.83. The molecule has 0 saturated heterocycles. The number of pyridine rings is 1. The van der Waals surface area contributed by atoms with Crippen LogP contribution in [0.2, 0.25) is 0 Å². The van der Waals surface area contributed by atoms with Crippen LogP contribution in [0.25, 0.3) is 0 Å². The summed E-state index contributed by atoms with van der Waals surface area (Å²) in [4.78, 5) is 15.0. The average Bonchev–Trinajstić information content (AvgIpc) is 2.37. The summed E-state index contributed by atoms with van der Waals surface area (Å²) in [5.74, 6) is -0.869. The van der Waals surface area contributed by atoms with Crippen LogP contribution in [-0.4, -0.2) is 38.8 Å². The molecule has 0 aliphatic carbocycles. The van der Waals surface area contributed by atoms with E-state index < -0.39 is 16.0 Å². The minimum atomic E-state index is -3.62. The van der Waals surface area contributed by atoms with E-state index in [0.717, 1.165) is 4.31 Å². The Morgan fingerprint density at radius 1 is 1.53 bits per heavy atom. The molecule has 0 bridgehead atoms. The number of nitrogens with zero attached hydrogens (tertiary/aromatic N) is 2. The summed E-state index contributed by atoms with van der Waals surface area (Å²) in [7, 11) is -2.24. The van der Waals surface area contributed by atoms with Crippen molar-refractivity contribution in [1.29, 1.82) is 0 Å². The van der Waals surface area contributed by atoms with Gasteiger partial charge < -0.3 is 10.5 Å². The number of nitrogens with two attached hydrogens (primary N) is 1. The van der Waals surface area contributed by atoms with Crippen LogP contribution < -0.4 is 10.0 Å². The predicted octanol–water partition coefficient (Wildman–Crippen LogP) is 0.383. The topological polar surface area (TPSA) is 103 Å². The number of nitrogen functional groups attached to an aromatic ring is 1. The molecule has 0 aliphatic rings. The molecule has 1 rings (SSSR count). The third-order valence-electron chi connectivity index (χ3n) is 2.45. The van der Waals surface area contributed by atoms with E-state index in [1.54, 1.807) is 6.92 Å². The quantitative estimate of drug-likeness (QED) is 0.759. The SMILES string of the molecule is CCOC(=O)CCS(=O)(=O)N(C)c1ccncc1N. The summed E-state index contributed by atoms with van der Waals surface area (Å²) in [6.07, 6.45) is 2.63. The fourth-order valence-electron chi connectivity index (χ4n) is 1.42. The van der Waals surface area contributed by atoms with Gasteiger partial charge in [0, 0.05) is 13.2 Å². The Morgan fingerprint density at radius 3 is 2.79 bits per heavy atom. The highest BCUT2D eigenvalue weighted by molar-refractivity contribution is 7.92. The number of carbonyl (C=O) groups excluding carboxylic acids is 1. The molecule has 1 aromatic heterocycles. The molecule has 0 fully saturated rings. The summed E-state index contributed by atoms with van der Waals surface area (Å²) in [5, 5.41) is 0. The monoisotopic (exact) mass is 287 g/mol. The summed E-state index contributed by atoms with van der Waals surface area (Å²) < 4.78 is 29.8. The highest BCUT2D eigenvalue weighted by Crippen LogP contribution is 2.22. The van der Waals surface area contributed by atoms with Crippen LogP contribution in [-0.2, 0) is 19.6 Å². The molecule has 0 amide bonds. The number of ether oxygens (including phenoxy) is 1. The van der Waals surface area contributed by atoms with Crippen molar-refractivity contribution in [2.75, 3.05) is 29.4 Å². The average molecular weight is 287 g/mol. The third kappa shape index (κ3) is 4.09. The van der Waals surface area contributed by atoms with Crippen LogP contribution in [0, 0.1) is 0 Å². The zero-order valence-electron chi connectivity index (χ0n) is 10.9. The van der Waals surface area contributed by atoms with Crippen molar-refractivity contribution in [1.82, 2.24) is 4.98 Å². The summed E-state index contributed by atoms with van der Waals surface area (Å²) in [5.41, 5.74) is 6.25. The Kier molecular flexibility index (Phi) is 5.11. The molecule has 1 aromatic rings. The minimum Gasteiger partial charge on any atom is -0.466 e. The molecule has 8 heteroatoms. The first-order valence-electron chi connectivity index (χ1n) is 5.70. The molecule has 0 radical (unpaired) electrons. The molecule has 0 spiro atoms. The van der Waals surface area contributed by atoms with Gasteiger partial charge in [-0.15, -0.1) is 0 Å². The van der Waals surface area contributed by atoms with E-state index in [0.29, 0.717) is 5.69 Å². The number of hydrogen-bond acceptors (Lipinski definition) is 6. The van der Waals surface area contributed by atoms with Crippen LogP contribution in [0.15, 0.2) is 18.5 Å². The summed E-state index contributed by atoms with van der Waals surface area (Å²) in [6, 6.07) is 1.50. The van der Waals surface area contributed by atoms with E-state index in [9.17, 15) is 13.2 Å². The predicted molar refractivity (Wildman–Crippen MR) is 72.1 cm³/mol. The first-order chi connectivity index (χ1) is 8.88. The van der Waals surface area contributed by atoms with E-state index in [-0.39, 0.29) is 24.5 Å². The first-order valence-corrected chi connectivity index (χ1v) is 7.31. The number of esters is 1. The molecule has 0 atom stereocenters. The van der Waals surface area contributed by atoms with E-state index in [2.05, 4.69) is 9.72 Å². The lowest BCUT2D eigenvalue weighted by Gasteiger charge is -2.20. The normalized spacial score (nSPS) is 11.1. The lowest BCUT2D eigenvalue weighted by atomic mass is 10.3. The molecule has 0 unspecified atom stereocenters. The van der Waals surface area contributed by atoms with Crippen molar-refractivity contribution in [3.05, 3.63) is 18.5 Å². The van der Waals surface area contributed by atoms with E-state index >= 15 is 0 Å². The number of aromatic nitrogens is 1. The Labute approximate surface area is 112 Å². The lowest BCUT2D eigenvalue weighted by Crippen LogP contribution is -2.30. The largest absolute Gasteiger partial charge is 0.466 e. The van der Waals surface area contributed by atoms with E-state index in [1.807, 2.05) is 0 Å². The lowest BCUT2D eigenvalue weighted by molar-refractivity contribution is -0.142. The zero-order chi connectivity index (χ0) is 14.5. The second-order valence-electron chi connectivity index (χ2n) is 3.77. The molecule has 2 N–H and O–H groups in total. The Morgan fingerprint density at radius 2 is 2.21 bits per heavy atom. The molecular formula is C11H17N3O4S. The maximum Gasteiger partial charge on any atom is 0.306 e. The fraction of sp³-hybridized carbons (Fsp3) is 0.455. The van der Waals surface area contributed by atoms with Crippen LogP contribution in [0.3, 0.4) is 0 Å². The molecule has 0 aliphatic heterocycles. The van der Waals surface area contributed by atoms with Crippen molar-refractivity contribution in [2.45, 2.75) is 13.3 Å². The number of sulfonamides is 1. The highest BCUT2D eigenvalue weighted by Gasteiger charge is 2.21. The molecule has 106 valence electrons. The summed E-state index contributed by atoms with van der Waals surface area (Å²) >= 11 is 0. The smallest absolute Gasteiger partial charge is 0.306 e. The number of anilines is 2. The number of rotatable bonds is 6. The van der Waals surface area contributed by atoms with Crippen molar-refractivity contribution < 1.29 is 17.9 Å². The zero-order valence-corrected chi connectivity index (χ0v) is 11.7. The Bertz CT molecular complexity index is 545. The van der Waals surface area contributed by atoms with Gasteiger partial charge in [0.25, 0.3) is 0 Å². The van der Waals surface area contributed by atoms with Gasteiger partial charge in [0.2, 0.25) is 10.0 Å². The van der Waals surface area contributed by atoms with Gasteiger partial charge in [-0.25, -0.2) is 8.42 Å². The van der Waals surface area contributed by atoms with Gasteiger partial charge in [-0.2, -0.15) is 0 Å². The van der Waals surface area contributed by atoms with Crippen LogP contribution in [0.4, 0.5) is 11.4 Å². The first kappa shape index (κ1) is 15.2. The second kappa shape index (κ2) is 6.37. The molecule has 0 aromatic carbocycles. The van der Waals surface area contributed by atoms with Crippen molar-refractivity contribution in [2.24, 2.45) is 0 Å². The second-order valence-corrected chi connectivity index (χ2v) is 5.89. The maximum absolute atomic E-state index is 12.0. The molecule has 7 nitrogen and oxygen atoms in total. The minimum absolute atomic E-state index is 0.189. The van der Waals surface area contributed by atoms with Gasteiger partial charge in [-0.1, -0.05) is 0 Å². The maximum atomic E-state index is 12.0.